The normalized spacial score (nSPS) is 12.0. The fourth-order valence-electron chi connectivity index (χ4n) is 0.645. The predicted octanol–water partition coefficient (Wildman–Crippen LogP) is 2.41. The van der Waals surface area contributed by atoms with Crippen LogP contribution in [-0.4, -0.2) is 16.4 Å². The monoisotopic (exact) mass is 206 g/mol. The Morgan fingerprint density at radius 3 is 2.67 bits per heavy atom. The van der Waals surface area contributed by atoms with Gasteiger partial charge in [0.2, 0.25) is 5.89 Å². The summed E-state index contributed by atoms with van der Waals surface area (Å²) in [7, 11) is 0. The molecule has 3 nitrogen and oxygen atoms in total. The van der Waals surface area contributed by atoms with E-state index in [1.807, 2.05) is 20.1 Å². The lowest BCUT2D eigenvalue weighted by atomic mass is 10.2. The number of thioether (sulfide) groups is 1. The zero-order valence-electron chi connectivity index (χ0n) is 7.30. The first-order valence-electron chi connectivity index (χ1n) is 3.54. The number of alkyl halides is 1. The van der Waals surface area contributed by atoms with Gasteiger partial charge in [0.05, 0.1) is 4.75 Å². The Bertz CT molecular complexity index is 262. The maximum Gasteiger partial charge on any atom is 0.241 e. The van der Waals surface area contributed by atoms with Crippen LogP contribution in [0.1, 0.15) is 25.6 Å². The molecule has 1 heterocycles. The van der Waals surface area contributed by atoms with Gasteiger partial charge in [-0.3, -0.25) is 0 Å². The minimum Gasteiger partial charge on any atom is -0.338 e. The quantitative estimate of drug-likeness (QED) is 0.712. The van der Waals surface area contributed by atoms with Crippen LogP contribution >= 0.6 is 23.4 Å². The van der Waals surface area contributed by atoms with Crippen LogP contribution in [0.5, 0.6) is 0 Å². The highest BCUT2D eigenvalue weighted by molar-refractivity contribution is 7.99. The van der Waals surface area contributed by atoms with Gasteiger partial charge in [0, 0.05) is 0 Å². The first-order valence-corrected chi connectivity index (χ1v) is 5.30. The largest absolute Gasteiger partial charge is 0.338 e. The van der Waals surface area contributed by atoms with Crippen LogP contribution in [0.3, 0.4) is 0 Å². The Balaban J connectivity index is 2.88. The third-order valence-electron chi connectivity index (χ3n) is 1.63. The topological polar surface area (TPSA) is 38.9 Å². The van der Waals surface area contributed by atoms with E-state index in [1.54, 1.807) is 11.8 Å². The summed E-state index contributed by atoms with van der Waals surface area (Å²) in [4.78, 5) is 4.14. The molecule has 0 atom stereocenters. The van der Waals surface area contributed by atoms with Crippen LogP contribution in [0.25, 0.3) is 0 Å². The van der Waals surface area contributed by atoms with Crippen LogP contribution in [-0.2, 0) is 10.6 Å². The van der Waals surface area contributed by atoms with Gasteiger partial charge in [0.15, 0.2) is 5.82 Å². The van der Waals surface area contributed by atoms with E-state index in [2.05, 4.69) is 10.1 Å². The van der Waals surface area contributed by atoms with Crippen molar-refractivity contribution in [2.75, 3.05) is 6.26 Å². The van der Waals surface area contributed by atoms with Crippen molar-refractivity contribution in [3.05, 3.63) is 11.7 Å². The average Bonchev–Trinajstić information content (AvgIpc) is 2.52. The zero-order valence-corrected chi connectivity index (χ0v) is 8.87. The lowest BCUT2D eigenvalue weighted by Gasteiger charge is -2.15. The minimum atomic E-state index is -0.103. The number of nitrogens with zero attached hydrogens (tertiary/aromatic N) is 2. The Morgan fingerprint density at radius 2 is 2.25 bits per heavy atom. The van der Waals surface area contributed by atoms with E-state index in [-0.39, 0.29) is 10.6 Å². The molecule has 1 aromatic heterocycles. The summed E-state index contributed by atoms with van der Waals surface area (Å²) >= 11 is 7.21. The number of aromatic nitrogens is 2. The number of halogens is 1. The fraction of sp³-hybridized carbons (Fsp3) is 0.714. The highest BCUT2D eigenvalue weighted by Crippen LogP contribution is 2.31. The number of hydrogen-bond donors (Lipinski definition) is 0. The van der Waals surface area contributed by atoms with E-state index in [4.69, 9.17) is 16.1 Å². The molecule has 5 heteroatoms. The highest BCUT2D eigenvalue weighted by Gasteiger charge is 2.25. The van der Waals surface area contributed by atoms with Crippen molar-refractivity contribution in [2.24, 2.45) is 0 Å². The van der Waals surface area contributed by atoms with Crippen LogP contribution in [0, 0.1) is 0 Å². The molecule has 1 aromatic rings. The van der Waals surface area contributed by atoms with Crippen molar-refractivity contribution < 1.29 is 4.52 Å². The summed E-state index contributed by atoms with van der Waals surface area (Å²) in [5, 5.41) is 3.84. The van der Waals surface area contributed by atoms with Gasteiger partial charge in [-0.1, -0.05) is 5.16 Å². The second kappa shape index (κ2) is 3.66. The van der Waals surface area contributed by atoms with E-state index in [0.29, 0.717) is 11.7 Å². The third kappa shape index (κ3) is 1.93. The van der Waals surface area contributed by atoms with Gasteiger partial charge in [-0.15, -0.1) is 11.6 Å². The molecule has 0 aliphatic heterocycles. The number of rotatable bonds is 3. The van der Waals surface area contributed by atoms with Gasteiger partial charge in [-0.2, -0.15) is 16.7 Å². The van der Waals surface area contributed by atoms with E-state index < -0.39 is 0 Å². The second-order valence-electron chi connectivity index (χ2n) is 2.86. The van der Waals surface area contributed by atoms with E-state index >= 15 is 0 Å². The Kier molecular flexibility index (Phi) is 3.01. The molecule has 0 amide bonds. The standard InChI is InChI=1S/C7H11ClN2OS/c1-7(2,12-3)6-9-5(4-8)11-10-6/h4H2,1-3H3. The Morgan fingerprint density at radius 1 is 1.58 bits per heavy atom. The SMILES string of the molecule is CSC(C)(C)c1noc(CCl)n1. The van der Waals surface area contributed by atoms with Gasteiger partial charge in [-0.25, -0.2) is 0 Å². The molecule has 0 saturated carbocycles. The van der Waals surface area contributed by atoms with Gasteiger partial charge in [0.1, 0.15) is 5.88 Å². The second-order valence-corrected chi connectivity index (χ2v) is 4.56. The summed E-state index contributed by atoms with van der Waals surface area (Å²) < 4.78 is 4.79. The molecule has 0 N–H and O–H groups in total. The molecule has 12 heavy (non-hydrogen) atoms. The molecule has 0 aliphatic carbocycles. The van der Waals surface area contributed by atoms with Crippen molar-refractivity contribution in [1.29, 1.82) is 0 Å². The molecule has 0 aliphatic rings. The molecular formula is C7H11ClN2OS. The summed E-state index contributed by atoms with van der Waals surface area (Å²) in [6, 6.07) is 0. The van der Waals surface area contributed by atoms with Crippen LogP contribution < -0.4 is 0 Å². The molecule has 0 radical (unpaired) electrons. The lowest BCUT2D eigenvalue weighted by molar-refractivity contribution is 0.380. The van der Waals surface area contributed by atoms with Gasteiger partial charge in [-0.05, 0) is 20.1 Å². The van der Waals surface area contributed by atoms with E-state index in [1.165, 1.54) is 0 Å². The summed E-state index contributed by atoms with van der Waals surface area (Å²) in [5.74, 6) is 1.46. The first-order chi connectivity index (χ1) is 5.60. The Labute approximate surface area is 80.9 Å². The molecule has 68 valence electrons. The smallest absolute Gasteiger partial charge is 0.241 e. The molecule has 0 unspecified atom stereocenters. The van der Waals surface area contributed by atoms with Crippen molar-refractivity contribution >= 4 is 23.4 Å². The molecule has 0 saturated heterocycles. The van der Waals surface area contributed by atoms with Crippen molar-refractivity contribution in [3.63, 3.8) is 0 Å². The average molecular weight is 207 g/mol. The molecule has 0 spiro atoms. The molecule has 0 fully saturated rings. The van der Waals surface area contributed by atoms with Crippen LogP contribution in [0.4, 0.5) is 0 Å². The van der Waals surface area contributed by atoms with Gasteiger partial charge < -0.3 is 4.52 Å². The van der Waals surface area contributed by atoms with Gasteiger partial charge >= 0.3 is 0 Å². The predicted molar refractivity (Wildman–Crippen MR) is 50.4 cm³/mol. The summed E-state index contributed by atoms with van der Waals surface area (Å²) in [5.41, 5.74) is 0. The van der Waals surface area contributed by atoms with Crippen LogP contribution in [0.15, 0.2) is 4.52 Å². The van der Waals surface area contributed by atoms with E-state index in [0.717, 1.165) is 0 Å². The van der Waals surface area contributed by atoms with Crippen molar-refractivity contribution in [3.8, 4) is 0 Å². The zero-order chi connectivity index (χ0) is 9.19. The first kappa shape index (κ1) is 9.86. The van der Waals surface area contributed by atoms with Crippen LogP contribution in [0.2, 0.25) is 0 Å². The maximum atomic E-state index is 5.53. The maximum absolute atomic E-state index is 5.53. The summed E-state index contributed by atoms with van der Waals surface area (Å²) in [6.07, 6.45) is 2.01. The molecular weight excluding hydrogens is 196 g/mol. The molecule has 1 rings (SSSR count). The van der Waals surface area contributed by atoms with Crippen molar-refractivity contribution in [1.82, 2.24) is 10.1 Å². The van der Waals surface area contributed by atoms with Crippen molar-refractivity contribution in [2.45, 2.75) is 24.5 Å². The molecule has 0 aromatic carbocycles. The summed E-state index contributed by atoms with van der Waals surface area (Å²) in [6.45, 7) is 4.08. The van der Waals surface area contributed by atoms with E-state index in [9.17, 15) is 0 Å². The highest BCUT2D eigenvalue weighted by atomic mass is 35.5. The van der Waals surface area contributed by atoms with Gasteiger partial charge in [0.25, 0.3) is 0 Å². The number of hydrogen-bond acceptors (Lipinski definition) is 4. The minimum absolute atomic E-state index is 0.103. The molecule has 0 bridgehead atoms. The lowest BCUT2D eigenvalue weighted by Crippen LogP contribution is -2.13. The Hall–Kier alpha value is -0.220. The fourth-order valence-corrected chi connectivity index (χ4v) is 1.02. The third-order valence-corrected chi connectivity index (χ3v) is 3.06.